The Labute approximate surface area is 528 Å². The molecule has 0 bridgehead atoms. The fourth-order valence-electron chi connectivity index (χ4n) is 15.1. The Morgan fingerprint density at radius 2 is 0.405 bits per heavy atom. The van der Waals surface area contributed by atoms with Gasteiger partial charge in [0.15, 0.2) is 0 Å². The van der Waals surface area contributed by atoms with Crippen LogP contribution in [0.2, 0.25) is 0 Å². The van der Waals surface area contributed by atoms with Crippen LogP contribution in [-0.2, 0) is 0 Å². The van der Waals surface area contributed by atoms with Crippen molar-refractivity contribution in [3.8, 4) is 12.1 Å². The van der Waals surface area contributed by atoms with Gasteiger partial charge in [0.25, 0.3) is 0 Å². The van der Waals surface area contributed by atoms with Crippen LogP contribution in [0.4, 0.5) is 0 Å². The second-order valence-corrected chi connectivity index (χ2v) is 24.5. The fourth-order valence-corrected chi connectivity index (χ4v) is 15.1. The molecule has 0 amide bonds. The molecule has 18 atom stereocenters. The molecule has 6 saturated carbocycles. The summed E-state index contributed by atoms with van der Waals surface area (Å²) in [6.45, 7) is 44.5. The minimum atomic E-state index is 0. The molecule has 0 spiro atoms. The van der Waals surface area contributed by atoms with Crippen LogP contribution in [0.25, 0.3) is 0 Å². The smallest absolute Gasteiger partial charge is 0.0990 e. The van der Waals surface area contributed by atoms with Crippen LogP contribution in [-0.4, -0.2) is 75.5 Å². The van der Waals surface area contributed by atoms with Crippen molar-refractivity contribution in [1.82, 2.24) is 31.9 Å². The molecule has 12 aliphatic rings. The molecule has 6 aliphatic carbocycles. The predicted octanol–water partition coefficient (Wildman–Crippen LogP) is 13.2. The van der Waals surface area contributed by atoms with E-state index in [4.69, 9.17) is 10.5 Å². The topological polar surface area (TPSA) is 120 Å². The summed E-state index contributed by atoms with van der Waals surface area (Å²) < 4.78 is 0. The Bertz CT molecular complexity index is 1410. The van der Waals surface area contributed by atoms with Crippen molar-refractivity contribution in [1.29, 1.82) is 10.5 Å². The van der Waals surface area contributed by atoms with Crippen molar-refractivity contribution in [3.05, 3.63) is 0 Å². The van der Waals surface area contributed by atoms with Gasteiger partial charge < -0.3 is 31.9 Å². The third-order valence-electron chi connectivity index (χ3n) is 19.7. The van der Waals surface area contributed by atoms with Gasteiger partial charge >= 0.3 is 0 Å². The molecule has 6 heterocycles. The minimum absolute atomic E-state index is 0. The van der Waals surface area contributed by atoms with E-state index in [1.807, 2.05) is 0 Å². The molecule has 0 unspecified atom stereocenters. The van der Waals surface area contributed by atoms with Crippen LogP contribution >= 0.6 is 121 Å². The van der Waals surface area contributed by atoms with Crippen LogP contribution in [0.15, 0.2) is 0 Å². The first-order valence-corrected chi connectivity index (χ1v) is 23.1. The number of fused-ring (bicyclic) bond motifs is 6. The zero-order valence-corrected chi connectivity index (χ0v) is 52.0. The van der Waals surface area contributed by atoms with Gasteiger partial charge in [-0.2, -0.15) is 132 Å². The lowest BCUT2D eigenvalue weighted by molar-refractivity contribution is 0.418. The highest BCUT2D eigenvalue weighted by atomic mass is 32.1. The Morgan fingerprint density at radius 3 is 0.473 bits per heavy atom. The molecule has 0 aromatic carbocycles. The lowest BCUT2D eigenvalue weighted by atomic mass is 10.0. The average molecular weight is 1220 g/mol. The summed E-state index contributed by atoms with van der Waals surface area (Å²) in [4.78, 5) is 0. The Kier molecular flexibility index (Phi) is 51.4. The molecule has 17 heteroatoms. The highest BCUT2D eigenvalue weighted by Crippen LogP contribution is 2.65. The summed E-state index contributed by atoms with van der Waals surface area (Å²) in [5.41, 5.74) is 3.59. The number of nitrogens with one attached hydrogen (secondary N) is 6. The predicted molar refractivity (Wildman–Crippen MR) is 383 cm³/mol. The Morgan fingerprint density at radius 1 is 0.270 bits per heavy atom. The molecule has 6 aliphatic heterocycles. The van der Waals surface area contributed by atoms with Crippen LogP contribution in [0, 0.1) is 126 Å². The maximum atomic E-state index is 8.68. The third kappa shape index (κ3) is 19.0. The quantitative estimate of drug-likeness (QED) is 0.142. The minimum Gasteiger partial charge on any atom is -0.314 e. The van der Waals surface area contributed by atoms with Crippen LogP contribution in [0.3, 0.4) is 0 Å². The number of piperidine rings is 6. The molecule has 0 aromatic rings. The lowest BCUT2D eigenvalue weighted by Crippen LogP contribution is -2.28. The van der Waals surface area contributed by atoms with Gasteiger partial charge in [-0.1, -0.05) is 150 Å². The van der Waals surface area contributed by atoms with E-state index in [0.717, 1.165) is 96.4 Å². The van der Waals surface area contributed by atoms with Crippen LogP contribution < -0.4 is 31.9 Å². The molecule has 12 fully saturated rings. The van der Waals surface area contributed by atoms with Gasteiger partial charge in [0.2, 0.25) is 0 Å². The molecular formula is C57H138N8S9. The summed E-state index contributed by atoms with van der Waals surface area (Å²) in [7, 11) is 0. The second-order valence-electron chi connectivity index (χ2n) is 24.5. The first kappa shape index (κ1) is 104. The molecule has 12 rings (SSSR count). The van der Waals surface area contributed by atoms with Gasteiger partial charge in [-0.3, -0.25) is 0 Å². The second kappa shape index (κ2) is 36.5. The van der Waals surface area contributed by atoms with Crippen molar-refractivity contribution in [2.45, 2.75) is 214 Å². The normalized spacial score (nSPS) is 38.7. The summed E-state index contributed by atoms with van der Waals surface area (Å²) in [6, 6.07) is 8.01. The molecule has 460 valence electrons. The van der Waals surface area contributed by atoms with Gasteiger partial charge in [0, 0.05) is 37.3 Å². The molecular weight excluding hydrogens is 1090 g/mol. The number of hydrogen-bond donors (Lipinski definition) is 6. The van der Waals surface area contributed by atoms with E-state index in [2.05, 4.69) is 155 Å². The van der Waals surface area contributed by atoms with Crippen molar-refractivity contribution >= 4 is 121 Å². The van der Waals surface area contributed by atoms with E-state index in [-0.39, 0.29) is 200 Å². The van der Waals surface area contributed by atoms with E-state index in [0.29, 0.717) is 44.3 Å². The van der Waals surface area contributed by atoms with E-state index in [1.54, 1.807) is 0 Å². The van der Waals surface area contributed by atoms with Gasteiger partial charge in [0.1, 0.15) is 0 Å². The SMILES string of the molecule is C.C.C.C.C.C.C.C.C.CC1(C)[C@@H]2[C@@H](C#N)NC[C@@H]21.CC1(C)[C@H]2[C@H](C#N)NC[C@H]21.C[C@@H]1NC[C@@H]2[C@H]1C2(C)C.C[C@@H]1NC[C@@H]2[C@H]1C2(C)C.C[C@H]1NC[C@H]2[C@@H]1C2(C)C.C[C@H]1NC[C@H]2[C@@H]1C2(C)C.S.S.S.S.S.S.S.S.S. The molecule has 6 N–H and O–H groups in total. The highest BCUT2D eigenvalue weighted by molar-refractivity contribution is 7.60. The van der Waals surface area contributed by atoms with E-state index in [1.165, 1.54) is 26.2 Å². The molecule has 8 nitrogen and oxygen atoms in total. The maximum absolute atomic E-state index is 8.68. The molecule has 0 radical (unpaired) electrons. The summed E-state index contributed by atoms with van der Waals surface area (Å²) in [5.74, 6) is 10.7. The van der Waals surface area contributed by atoms with E-state index >= 15 is 0 Å². The Hall–Kier alpha value is 1.89. The van der Waals surface area contributed by atoms with Gasteiger partial charge in [-0.25, -0.2) is 0 Å². The van der Waals surface area contributed by atoms with E-state index < -0.39 is 0 Å². The number of hydrogen-bond acceptors (Lipinski definition) is 8. The van der Waals surface area contributed by atoms with Crippen molar-refractivity contribution < 1.29 is 0 Å². The summed E-state index contributed by atoms with van der Waals surface area (Å²) >= 11 is 0. The third-order valence-corrected chi connectivity index (χ3v) is 19.7. The van der Waals surface area contributed by atoms with Crippen LogP contribution in [0.5, 0.6) is 0 Å². The Balaban J connectivity index is -0.0000000595. The van der Waals surface area contributed by atoms with Crippen LogP contribution in [0.1, 0.15) is 178 Å². The first-order valence-electron chi connectivity index (χ1n) is 23.1. The fraction of sp³-hybridized carbons (Fsp3) is 0.965. The van der Waals surface area contributed by atoms with Gasteiger partial charge in [0.05, 0.1) is 24.2 Å². The largest absolute Gasteiger partial charge is 0.314 e. The highest BCUT2D eigenvalue weighted by Gasteiger charge is 2.67. The zero-order valence-electron chi connectivity index (χ0n) is 43.0. The maximum Gasteiger partial charge on any atom is 0.0990 e. The molecule has 6 saturated heterocycles. The molecule has 0 aromatic heterocycles. The van der Waals surface area contributed by atoms with Gasteiger partial charge in [-0.05, 0) is 157 Å². The summed E-state index contributed by atoms with van der Waals surface area (Å²) in [5, 5.41) is 37.7. The first-order chi connectivity index (χ1) is 25.9. The average Bonchev–Trinajstić information content (AvgIpc) is 3.90. The summed E-state index contributed by atoms with van der Waals surface area (Å²) in [6.07, 6.45) is 0. The number of nitriles is 2. The number of nitrogens with zero attached hydrogens (tertiary/aromatic N) is 2. The zero-order chi connectivity index (χ0) is 41.3. The van der Waals surface area contributed by atoms with Crippen molar-refractivity contribution in [2.75, 3.05) is 39.3 Å². The van der Waals surface area contributed by atoms with Crippen molar-refractivity contribution in [3.63, 3.8) is 0 Å². The van der Waals surface area contributed by atoms with E-state index in [9.17, 15) is 0 Å². The monoisotopic (exact) mass is 1220 g/mol. The number of rotatable bonds is 0. The lowest BCUT2D eigenvalue weighted by Gasteiger charge is -2.13. The standard InChI is InChI=1S/2C8H12N2.4C8H15N.9CH4.9H2S/c2*1-8(2)5-4-10-6(3-9)7(5)8;4*1-5-7-6(4-9-5)8(7,2)3;;;;;;;;;;;;;;;;;;/h2*5-7,10H,4H2,1-2H3;4*5-7,9H,4H2,1-3H3;9*1H4;9*1H2/t6*5-,6+,7-;;;;;;;;;;;;;;;;;;/m101100................../s1. The van der Waals surface area contributed by atoms with Crippen molar-refractivity contribution in [2.24, 2.45) is 104 Å². The van der Waals surface area contributed by atoms with Gasteiger partial charge in [-0.15, -0.1) is 0 Å². The molecule has 74 heavy (non-hydrogen) atoms.